The standard InChI is InChI=1S/C17H20ClN3/c1-12(2)19-10-13-9-15(18)17(20-11-13)21-8-7-14-5-3-4-6-16(14)21/h3-6,9,11-12,19H,7-8,10H2,1-2H3. The van der Waals surface area contributed by atoms with Crippen LogP contribution in [0.4, 0.5) is 11.5 Å². The molecule has 4 heteroatoms. The summed E-state index contributed by atoms with van der Waals surface area (Å²) in [6.07, 6.45) is 2.96. The molecular formula is C17H20ClN3. The SMILES string of the molecule is CC(C)NCc1cnc(N2CCc3ccccc32)c(Cl)c1. The summed E-state index contributed by atoms with van der Waals surface area (Å²) in [6.45, 7) is 5.99. The molecule has 0 unspecified atom stereocenters. The molecule has 1 aromatic heterocycles. The summed E-state index contributed by atoms with van der Waals surface area (Å²) in [7, 11) is 0. The van der Waals surface area contributed by atoms with Crippen molar-refractivity contribution >= 4 is 23.1 Å². The Bertz CT molecular complexity index is 640. The van der Waals surface area contributed by atoms with Crippen molar-refractivity contribution in [1.29, 1.82) is 0 Å². The summed E-state index contributed by atoms with van der Waals surface area (Å²) in [5, 5.41) is 4.10. The van der Waals surface area contributed by atoms with Crippen LogP contribution in [0.2, 0.25) is 5.02 Å². The Morgan fingerprint density at radius 1 is 1.33 bits per heavy atom. The second kappa shape index (κ2) is 6.04. The van der Waals surface area contributed by atoms with E-state index >= 15 is 0 Å². The minimum atomic E-state index is 0.453. The number of rotatable bonds is 4. The van der Waals surface area contributed by atoms with Crippen LogP contribution in [0, 0.1) is 0 Å². The van der Waals surface area contributed by atoms with Crippen LogP contribution in [0.3, 0.4) is 0 Å². The number of pyridine rings is 1. The normalized spacial score (nSPS) is 13.8. The maximum atomic E-state index is 6.46. The summed E-state index contributed by atoms with van der Waals surface area (Å²) < 4.78 is 0. The molecule has 0 radical (unpaired) electrons. The maximum Gasteiger partial charge on any atom is 0.151 e. The van der Waals surface area contributed by atoms with Gasteiger partial charge in [0.1, 0.15) is 0 Å². The average molecular weight is 302 g/mol. The van der Waals surface area contributed by atoms with Crippen molar-refractivity contribution < 1.29 is 0 Å². The molecule has 0 fully saturated rings. The van der Waals surface area contributed by atoms with Crippen molar-refractivity contribution in [1.82, 2.24) is 10.3 Å². The van der Waals surface area contributed by atoms with Gasteiger partial charge in [-0.2, -0.15) is 0 Å². The molecule has 0 atom stereocenters. The van der Waals surface area contributed by atoms with Crippen molar-refractivity contribution in [2.75, 3.05) is 11.4 Å². The lowest BCUT2D eigenvalue weighted by atomic mass is 10.2. The number of hydrogen-bond acceptors (Lipinski definition) is 3. The number of para-hydroxylation sites is 1. The lowest BCUT2D eigenvalue weighted by Gasteiger charge is -2.20. The Labute approximate surface area is 131 Å². The topological polar surface area (TPSA) is 28.2 Å². The van der Waals surface area contributed by atoms with Gasteiger partial charge in [-0.1, -0.05) is 43.6 Å². The molecule has 1 aromatic carbocycles. The Morgan fingerprint density at radius 3 is 2.90 bits per heavy atom. The fraction of sp³-hybridized carbons (Fsp3) is 0.353. The van der Waals surface area contributed by atoms with Gasteiger partial charge in [0.25, 0.3) is 0 Å². The van der Waals surface area contributed by atoms with E-state index in [0.29, 0.717) is 6.04 Å². The quantitative estimate of drug-likeness (QED) is 0.927. The van der Waals surface area contributed by atoms with Crippen molar-refractivity contribution in [2.24, 2.45) is 0 Å². The van der Waals surface area contributed by atoms with E-state index in [4.69, 9.17) is 11.6 Å². The molecule has 0 aliphatic carbocycles. The fourth-order valence-corrected chi connectivity index (χ4v) is 2.94. The van der Waals surface area contributed by atoms with E-state index in [1.807, 2.05) is 12.3 Å². The molecule has 0 spiro atoms. The molecule has 2 heterocycles. The van der Waals surface area contributed by atoms with Crippen molar-refractivity contribution in [2.45, 2.75) is 32.9 Å². The third-order valence-electron chi connectivity index (χ3n) is 3.74. The van der Waals surface area contributed by atoms with Gasteiger partial charge in [0.2, 0.25) is 0 Å². The fourth-order valence-electron chi connectivity index (χ4n) is 2.65. The highest BCUT2D eigenvalue weighted by atomic mass is 35.5. The number of fused-ring (bicyclic) bond motifs is 1. The van der Waals surface area contributed by atoms with Crippen LogP contribution in [0.5, 0.6) is 0 Å². The van der Waals surface area contributed by atoms with Gasteiger partial charge in [0, 0.05) is 31.0 Å². The second-order valence-corrected chi connectivity index (χ2v) is 6.12. The first-order chi connectivity index (χ1) is 10.1. The van der Waals surface area contributed by atoms with E-state index in [1.54, 1.807) is 0 Å². The third-order valence-corrected chi connectivity index (χ3v) is 4.01. The van der Waals surface area contributed by atoms with Crippen molar-refractivity contribution in [3.05, 3.63) is 52.7 Å². The summed E-state index contributed by atoms with van der Waals surface area (Å²) in [5.74, 6) is 0.856. The molecule has 0 saturated heterocycles. The first kappa shape index (κ1) is 14.4. The maximum absolute atomic E-state index is 6.46. The van der Waals surface area contributed by atoms with Crippen molar-refractivity contribution in [3.63, 3.8) is 0 Å². The minimum absolute atomic E-state index is 0.453. The Balaban J connectivity index is 1.84. The zero-order chi connectivity index (χ0) is 14.8. The van der Waals surface area contributed by atoms with Crippen LogP contribution < -0.4 is 10.2 Å². The molecule has 110 valence electrons. The molecule has 2 aromatic rings. The average Bonchev–Trinajstić information content (AvgIpc) is 2.89. The van der Waals surface area contributed by atoms with Gasteiger partial charge in [-0.15, -0.1) is 0 Å². The number of halogens is 1. The molecule has 0 saturated carbocycles. The zero-order valence-electron chi connectivity index (χ0n) is 12.4. The van der Waals surface area contributed by atoms with Crippen molar-refractivity contribution in [3.8, 4) is 0 Å². The molecule has 21 heavy (non-hydrogen) atoms. The number of nitrogens with one attached hydrogen (secondary N) is 1. The molecule has 3 rings (SSSR count). The molecule has 0 bridgehead atoms. The van der Waals surface area contributed by atoms with Gasteiger partial charge in [-0.3, -0.25) is 0 Å². The summed E-state index contributed by atoms with van der Waals surface area (Å²) in [5.41, 5.74) is 3.70. The number of hydrogen-bond donors (Lipinski definition) is 1. The smallest absolute Gasteiger partial charge is 0.151 e. The second-order valence-electron chi connectivity index (χ2n) is 5.71. The monoisotopic (exact) mass is 301 g/mol. The molecular weight excluding hydrogens is 282 g/mol. The van der Waals surface area contributed by atoms with Crippen LogP contribution in [0.25, 0.3) is 0 Å². The van der Waals surface area contributed by atoms with E-state index in [0.717, 1.165) is 35.9 Å². The number of benzene rings is 1. The highest BCUT2D eigenvalue weighted by molar-refractivity contribution is 6.33. The highest BCUT2D eigenvalue weighted by Crippen LogP contribution is 2.36. The van der Waals surface area contributed by atoms with Gasteiger partial charge in [-0.25, -0.2) is 4.98 Å². The van der Waals surface area contributed by atoms with E-state index in [1.165, 1.54) is 11.3 Å². The Hall–Kier alpha value is -1.58. The van der Waals surface area contributed by atoms with Crippen LogP contribution in [0.15, 0.2) is 36.5 Å². The van der Waals surface area contributed by atoms with E-state index in [-0.39, 0.29) is 0 Å². The van der Waals surface area contributed by atoms with Gasteiger partial charge in [-0.05, 0) is 29.7 Å². The highest BCUT2D eigenvalue weighted by Gasteiger charge is 2.22. The van der Waals surface area contributed by atoms with Crippen LogP contribution in [-0.4, -0.2) is 17.6 Å². The molecule has 1 aliphatic heterocycles. The number of aromatic nitrogens is 1. The molecule has 0 amide bonds. The van der Waals surface area contributed by atoms with Crippen LogP contribution in [-0.2, 0) is 13.0 Å². The van der Waals surface area contributed by atoms with Gasteiger partial charge in [0.15, 0.2) is 5.82 Å². The van der Waals surface area contributed by atoms with Gasteiger partial charge < -0.3 is 10.2 Å². The van der Waals surface area contributed by atoms with Crippen LogP contribution in [0.1, 0.15) is 25.0 Å². The van der Waals surface area contributed by atoms with E-state index in [2.05, 4.69) is 53.3 Å². The lowest BCUT2D eigenvalue weighted by Crippen LogP contribution is -2.22. The molecule has 3 nitrogen and oxygen atoms in total. The van der Waals surface area contributed by atoms with Gasteiger partial charge in [0.05, 0.1) is 5.02 Å². The number of anilines is 2. The lowest BCUT2D eigenvalue weighted by molar-refractivity contribution is 0.588. The predicted octanol–water partition coefficient (Wildman–Crippen LogP) is 3.93. The Kier molecular flexibility index (Phi) is 4.13. The molecule has 1 aliphatic rings. The zero-order valence-corrected chi connectivity index (χ0v) is 13.2. The number of nitrogens with zero attached hydrogens (tertiary/aromatic N) is 2. The van der Waals surface area contributed by atoms with Crippen LogP contribution >= 0.6 is 11.6 Å². The van der Waals surface area contributed by atoms with E-state index < -0.39 is 0 Å². The van der Waals surface area contributed by atoms with Gasteiger partial charge >= 0.3 is 0 Å². The third kappa shape index (κ3) is 3.04. The Morgan fingerprint density at radius 2 is 2.14 bits per heavy atom. The summed E-state index contributed by atoms with van der Waals surface area (Å²) in [4.78, 5) is 6.80. The predicted molar refractivity (Wildman–Crippen MR) is 88.4 cm³/mol. The van der Waals surface area contributed by atoms with E-state index in [9.17, 15) is 0 Å². The first-order valence-electron chi connectivity index (χ1n) is 7.38. The largest absolute Gasteiger partial charge is 0.325 e. The minimum Gasteiger partial charge on any atom is -0.325 e. The first-order valence-corrected chi connectivity index (χ1v) is 7.76. The summed E-state index contributed by atoms with van der Waals surface area (Å²) >= 11 is 6.46. The molecule has 1 N–H and O–H groups in total. The summed E-state index contributed by atoms with van der Waals surface area (Å²) in [6, 6.07) is 10.9.